The van der Waals surface area contributed by atoms with Crippen LogP contribution in [-0.4, -0.2) is 21.1 Å². The smallest absolute Gasteiger partial charge is 0.216 e. The van der Waals surface area contributed by atoms with Crippen molar-refractivity contribution in [3.63, 3.8) is 0 Å². The van der Waals surface area contributed by atoms with E-state index in [4.69, 9.17) is 12.2 Å². The van der Waals surface area contributed by atoms with Gasteiger partial charge in [0.1, 0.15) is 0 Å². The minimum atomic E-state index is 0.494. The number of hydrogen-bond acceptors (Lipinski definition) is 5. The minimum Gasteiger partial charge on any atom is -0.250 e. The molecule has 0 amide bonds. The second-order valence-electron chi connectivity index (χ2n) is 3.85. The molecule has 0 aromatic carbocycles. The molecular formula is C12H10N4S3. The van der Waals surface area contributed by atoms with E-state index in [0.29, 0.717) is 4.77 Å². The lowest BCUT2D eigenvalue weighted by Crippen LogP contribution is -1.93. The van der Waals surface area contributed by atoms with E-state index in [1.807, 2.05) is 29.1 Å². The van der Waals surface area contributed by atoms with Gasteiger partial charge in [0.05, 0.1) is 16.0 Å². The van der Waals surface area contributed by atoms with E-state index in [1.54, 1.807) is 27.3 Å². The van der Waals surface area contributed by atoms with E-state index in [0.717, 1.165) is 15.6 Å². The molecule has 0 spiro atoms. The quantitative estimate of drug-likeness (QED) is 0.589. The van der Waals surface area contributed by atoms with Gasteiger partial charge in [-0.3, -0.25) is 0 Å². The molecule has 1 N–H and O–H groups in total. The van der Waals surface area contributed by atoms with Crippen LogP contribution in [0.25, 0.3) is 10.7 Å². The summed E-state index contributed by atoms with van der Waals surface area (Å²) in [5.74, 6) is 0.741. The molecule has 3 rings (SSSR count). The van der Waals surface area contributed by atoms with Crippen LogP contribution in [0.4, 0.5) is 0 Å². The first kappa shape index (κ1) is 12.5. The predicted molar refractivity (Wildman–Crippen MR) is 82.8 cm³/mol. The number of H-pyrrole nitrogens is 1. The van der Waals surface area contributed by atoms with Gasteiger partial charge in [0, 0.05) is 0 Å². The van der Waals surface area contributed by atoms with E-state index in [1.165, 1.54) is 5.56 Å². The van der Waals surface area contributed by atoms with Crippen molar-refractivity contribution in [1.29, 1.82) is 0 Å². The molecule has 4 nitrogen and oxygen atoms in total. The molecule has 0 unspecified atom stereocenters. The molecule has 0 aliphatic rings. The SMILES string of the molecule is Cc1ccsc1/C=N/n1c(-c2cccs2)n[nH]c1=S. The zero-order valence-electron chi connectivity index (χ0n) is 10.0. The standard InChI is InChI=1S/C12H10N4S3/c1-8-4-6-19-10(8)7-13-16-11(14-15-12(16)17)9-3-2-5-18-9/h2-7H,1H3,(H,15,17)/b13-7+. The Morgan fingerprint density at radius 1 is 1.37 bits per heavy atom. The van der Waals surface area contributed by atoms with Gasteiger partial charge in [0.25, 0.3) is 0 Å². The normalized spacial score (nSPS) is 11.4. The fourth-order valence-electron chi connectivity index (χ4n) is 1.59. The average molecular weight is 306 g/mol. The van der Waals surface area contributed by atoms with E-state index < -0.39 is 0 Å². The fraction of sp³-hybridized carbons (Fsp3) is 0.0833. The van der Waals surface area contributed by atoms with Crippen molar-refractivity contribution in [3.8, 4) is 10.7 Å². The van der Waals surface area contributed by atoms with Crippen LogP contribution in [0.2, 0.25) is 0 Å². The molecule has 3 aromatic heterocycles. The van der Waals surface area contributed by atoms with Crippen LogP contribution in [0.5, 0.6) is 0 Å². The maximum Gasteiger partial charge on any atom is 0.216 e. The van der Waals surface area contributed by atoms with Crippen LogP contribution in [0.1, 0.15) is 10.4 Å². The van der Waals surface area contributed by atoms with Crippen LogP contribution < -0.4 is 0 Å². The maximum absolute atomic E-state index is 5.21. The summed E-state index contributed by atoms with van der Waals surface area (Å²) in [6, 6.07) is 6.05. The third kappa shape index (κ3) is 2.44. The Hall–Kier alpha value is -1.57. The van der Waals surface area contributed by atoms with Gasteiger partial charge in [0.15, 0.2) is 5.82 Å². The second-order valence-corrected chi connectivity index (χ2v) is 6.14. The van der Waals surface area contributed by atoms with E-state index in [9.17, 15) is 0 Å². The molecule has 7 heteroatoms. The van der Waals surface area contributed by atoms with Gasteiger partial charge >= 0.3 is 0 Å². The Kier molecular flexibility index (Phi) is 3.41. The summed E-state index contributed by atoms with van der Waals surface area (Å²) >= 11 is 8.48. The molecule has 0 saturated carbocycles. The molecule has 0 bridgehead atoms. The summed E-state index contributed by atoms with van der Waals surface area (Å²) in [4.78, 5) is 2.16. The van der Waals surface area contributed by atoms with Crippen molar-refractivity contribution in [1.82, 2.24) is 14.9 Å². The van der Waals surface area contributed by atoms with Crippen molar-refractivity contribution in [3.05, 3.63) is 44.2 Å². The van der Waals surface area contributed by atoms with Gasteiger partial charge in [0.2, 0.25) is 4.77 Å². The number of aromatic amines is 1. The average Bonchev–Trinajstić information content (AvgIpc) is 3.09. The maximum atomic E-state index is 5.21. The van der Waals surface area contributed by atoms with Crippen LogP contribution in [0.3, 0.4) is 0 Å². The molecule has 0 aliphatic heterocycles. The Labute approximate surface area is 123 Å². The van der Waals surface area contributed by atoms with Crippen molar-refractivity contribution >= 4 is 41.1 Å². The Morgan fingerprint density at radius 2 is 2.26 bits per heavy atom. The van der Waals surface area contributed by atoms with Crippen LogP contribution >= 0.6 is 34.9 Å². The molecule has 0 aliphatic carbocycles. The molecule has 19 heavy (non-hydrogen) atoms. The summed E-state index contributed by atoms with van der Waals surface area (Å²) in [6.45, 7) is 2.06. The van der Waals surface area contributed by atoms with Crippen LogP contribution in [-0.2, 0) is 0 Å². The van der Waals surface area contributed by atoms with E-state index in [-0.39, 0.29) is 0 Å². The van der Waals surface area contributed by atoms with E-state index in [2.05, 4.69) is 28.3 Å². The topological polar surface area (TPSA) is 46.0 Å². The number of rotatable bonds is 3. The minimum absolute atomic E-state index is 0.494. The van der Waals surface area contributed by atoms with Gasteiger partial charge < -0.3 is 0 Å². The van der Waals surface area contributed by atoms with Gasteiger partial charge in [-0.15, -0.1) is 22.7 Å². The molecule has 96 valence electrons. The molecule has 3 aromatic rings. The Bertz CT molecular complexity index is 761. The highest BCUT2D eigenvalue weighted by atomic mass is 32.1. The molecule has 0 atom stereocenters. The summed E-state index contributed by atoms with van der Waals surface area (Å²) in [5, 5.41) is 15.5. The van der Waals surface area contributed by atoms with Crippen molar-refractivity contribution in [2.75, 3.05) is 0 Å². The predicted octanol–water partition coefficient (Wildman–Crippen LogP) is 3.92. The first-order valence-corrected chi connectivity index (χ1v) is 7.72. The monoisotopic (exact) mass is 306 g/mol. The molecule has 3 heterocycles. The third-order valence-corrected chi connectivity index (χ3v) is 4.67. The summed E-state index contributed by atoms with van der Waals surface area (Å²) in [5.41, 5.74) is 1.21. The fourth-order valence-corrected chi connectivity index (χ4v) is 3.25. The lowest BCUT2D eigenvalue weighted by atomic mass is 10.3. The molecule has 0 saturated heterocycles. The molecular weight excluding hydrogens is 296 g/mol. The lowest BCUT2D eigenvalue weighted by Gasteiger charge is -1.97. The number of nitrogens with one attached hydrogen (secondary N) is 1. The van der Waals surface area contributed by atoms with E-state index >= 15 is 0 Å². The summed E-state index contributed by atoms with van der Waals surface area (Å²) < 4.78 is 2.15. The second kappa shape index (κ2) is 5.20. The number of aryl methyl sites for hydroxylation is 1. The number of thiophene rings is 2. The third-order valence-electron chi connectivity index (χ3n) is 2.58. The highest BCUT2D eigenvalue weighted by Gasteiger charge is 2.08. The summed E-state index contributed by atoms with van der Waals surface area (Å²) in [6.07, 6.45) is 1.82. The van der Waals surface area contributed by atoms with Gasteiger partial charge in [-0.05, 0) is 47.6 Å². The summed E-state index contributed by atoms with van der Waals surface area (Å²) in [7, 11) is 0. The number of nitrogens with zero attached hydrogens (tertiary/aromatic N) is 3. The van der Waals surface area contributed by atoms with Crippen molar-refractivity contribution < 1.29 is 0 Å². The zero-order chi connectivity index (χ0) is 13.2. The lowest BCUT2D eigenvalue weighted by molar-refractivity contribution is 0.874. The van der Waals surface area contributed by atoms with Crippen molar-refractivity contribution in [2.24, 2.45) is 5.10 Å². The molecule has 0 radical (unpaired) electrons. The molecule has 0 fully saturated rings. The highest BCUT2D eigenvalue weighted by Crippen LogP contribution is 2.22. The largest absolute Gasteiger partial charge is 0.250 e. The van der Waals surface area contributed by atoms with Gasteiger partial charge in [-0.1, -0.05) is 6.07 Å². The highest BCUT2D eigenvalue weighted by molar-refractivity contribution is 7.71. The Balaban J connectivity index is 2.02. The first-order valence-electron chi connectivity index (χ1n) is 5.55. The number of hydrogen-bond donors (Lipinski definition) is 1. The van der Waals surface area contributed by atoms with Crippen LogP contribution in [0, 0.1) is 11.7 Å². The Morgan fingerprint density at radius 3 is 2.95 bits per heavy atom. The van der Waals surface area contributed by atoms with Crippen molar-refractivity contribution in [2.45, 2.75) is 6.92 Å². The zero-order valence-corrected chi connectivity index (χ0v) is 12.5. The number of aromatic nitrogens is 3. The van der Waals surface area contributed by atoms with Gasteiger partial charge in [-0.25, -0.2) is 5.10 Å². The first-order chi connectivity index (χ1) is 9.25. The van der Waals surface area contributed by atoms with Gasteiger partial charge in [-0.2, -0.15) is 14.9 Å². The van der Waals surface area contributed by atoms with Crippen LogP contribution in [0.15, 0.2) is 34.1 Å².